The molecule has 0 saturated carbocycles. The zero-order chi connectivity index (χ0) is 12.6. The van der Waals surface area contributed by atoms with Crippen LogP contribution in [-0.2, 0) is 0 Å². The molecular weight excluding hydrogens is 288 g/mol. The number of aromatic nitrogens is 1. The van der Waals surface area contributed by atoms with E-state index in [2.05, 4.69) is 21.1 Å². The number of anilines is 1. The molecule has 0 aliphatic rings. The Morgan fingerprint density at radius 3 is 2.71 bits per heavy atom. The Bertz CT molecular complexity index is 566. The maximum absolute atomic E-state index is 10.1. The topological polar surface area (TPSA) is 81.5 Å². The number of hydrogen-bond donors (Lipinski definition) is 2. The highest BCUT2D eigenvalue weighted by atomic mass is 79.9. The molecule has 0 saturated heterocycles. The Labute approximate surface area is 106 Å². The average Bonchev–Trinajstić information content (AvgIpc) is 2.71. The van der Waals surface area contributed by atoms with Crippen molar-refractivity contribution in [2.45, 2.75) is 6.92 Å². The van der Waals surface area contributed by atoms with Gasteiger partial charge in [0, 0.05) is 15.6 Å². The van der Waals surface area contributed by atoms with Crippen molar-refractivity contribution in [1.82, 2.24) is 5.16 Å². The summed E-state index contributed by atoms with van der Waals surface area (Å²) in [5.41, 5.74) is 7.48. The summed E-state index contributed by atoms with van der Waals surface area (Å²) in [5, 5.41) is 13.7. The minimum Gasteiger partial charge on any atom is -0.504 e. The number of hydrogen-bond acceptors (Lipinski definition) is 5. The highest BCUT2D eigenvalue weighted by Gasteiger charge is 2.19. The van der Waals surface area contributed by atoms with Gasteiger partial charge < -0.3 is 20.1 Å². The molecule has 0 fully saturated rings. The number of aromatic hydroxyl groups is 1. The fourth-order valence-electron chi connectivity index (χ4n) is 1.62. The summed E-state index contributed by atoms with van der Waals surface area (Å²) in [6.07, 6.45) is 1.45. The summed E-state index contributed by atoms with van der Waals surface area (Å²) in [7, 11) is 1.50. The first-order valence-electron chi connectivity index (χ1n) is 4.82. The van der Waals surface area contributed by atoms with Crippen molar-refractivity contribution in [1.29, 1.82) is 0 Å². The minimum absolute atomic E-state index is 0.0168. The van der Waals surface area contributed by atoms with Crippen LogP contribution in [0.2, 0.25) is 0 Å². The highest BCUT2D eigenvalue weighted by Crippen LogP contribution is 2.44. The molecule has 0 unspecified atom stereocenters. The Morgan fingerprint density at radius 2 is 2.18 bits per heavy atom. The van der Waals surface area contributed by atoms with Crippen molar-refractivity contribution >= 4 is 21.8 Å². The van der Waals surface area contributed by atoms with Crippen LogP contribution in [0.4, 0.5) is 5.88 Å². The quantitative estimate of drug-likeness (QED) is 0.891. The van der Waals surface area contributed by atoms with Crippen molar-refractivity contribution < 1.29 is 14.4 Å². The van der Waals surface area contributed by atoms with Crippen LogP contribution in [0.15, 0.2) is 21.3 Å². The molecule has 90 valence electrons. The van der Waals surface area contributed by atoms with E-state index in [1.165, 1.54) is 13.3 Å². The summed E-state index contributed by atoms with van der Waals surface area (Å²) in [6.45, 7) is 1.84. The number of benzene rings is 1. The van der Waals surface area contributed by atoms with E-state index >= 15 is 0 Å². The van der Waals surface area contributed by atoms with Gasteiger partial charge in [-0.3, -0.25) is 0 Å². The van der Waals surface area contributed by atoms with Crippen molar-refractivity contribution in [2.75, 3.05) is 12.8 Å². The fourth-order valence-corrected chi connectivity index (χ4v) is 2.03. The number of halogens is 1. The second-order valence-electron chi connectivity index (χ2n) is 3.52. The van der Waals surface area contributed by atoms with Gasteiger partial charge in [-0.1, -0.05) is 21.1 Å². The molecule has 6 heteroatoms. The lowest BCUT2D eigenvalue weighted by molar-refractivity contribution is 0.371. The molecule has 0 radical (unpaired) electrons. The molecule has 2 aromatic rings. The van der Waals surface area contributed by atoms with E-state index in [9.17, 15) is 5.11 Å². The van der Waals surface area contributed by atoms with Gasteiger partial charge in [0.05, 0.1) is 18.9 Å². The summed E-state index contributed by atoms with van der Waals surface area (Å²) in [6, 6.07) is 1.75. The molecule has 0 aliphatic carbocycles. The van der Waals surface area contributed by atoms with Crippen LogP contribution in [0.1, 0.15) is 5.56 Å². The zero-order valence-electron chi connectivity index (χ0n) is 9.32. The van der Waals surface area contributed by atoms with E-state index in [1.54, 1.807) is 6.07 Å². The Balaban J connectivity index is 2.72. The van der Waals surface area contributed by atoms with Crippen molar-refractivity contribution in [3.05, 3.63) is 22.3 Å². The minimum atomic E-state index is 0.0168. The third-order valence-electron chi connectivity index (χ3n) is 2.53. The molecule has 1 aromatic heterocycles. The van der Waals surface area contributed by atoms with Gasteiger partial charge in [-0.2, -0.15) is 0 Å². The van der Waals surface area contributed by atoms with E-state index < -0.39 is 0 Å². The van der Waals surface area contributed by atoms with E-state index in [1.807, 2.05) is 6.92 Å². The number of methoxy groups -OCH3 is 1. The molecule has 5 nitrogen and oxygen atoms in total. The first kappa shape index (κ1) is 11.8. The van der Waals surface area contributed by atoms with Crippen LogP contribution in [-0.4, -0.2) is 17.4 Å². The molecule has 17 heavy (non-hydrogen) atoms. The summed E-state index contributed by atoms with van der Waals surface area (Å²) in [5.74, 6) is 0.566. The molecule has 0 spiro atoms. The van der Waals surface area contributed by atoms with Crippen LogP contribution < -0.4 is 10.5 Å². The third kappa shape index (κ3) is 1.84. The lowest BCUT2D eigenvalue weighted by Gasteiger charge is -2.12. The normalized spacial score (nSPS) is 10.5. The molecule has 0 bridgehead atoms. The van der Waals surface area contributed by atoms with Gasteiger partial charge in [0.2, 0.25) is 5.88 Å². The zero-order valence-corrected chi connectivity index (χ0v) is 10.9. The lowest BCUT2D eigenvalue weighted by atomic mass is 10.0. The van der Waals surface area contributed by atoms with E-state index in [0.717, 1.165) is 10.0 Å². The monoisotopic (exact) mass is 298 g/mol. The summed E-state index contributed by atoms with van der Waals surface area (Å²) < 4.78 is 10.7. The Kier molecular flexibility index (Phi) is 2.97. The van der Waals surface area contributed by atoms with Crippen LogP contribution >= 0.6 is 15.9 Å². The largest absolute Gasteiger partial charge is 0.504 e. The van der Waals surface area contributed by atoms with Gasteiger partial charge >= 0.3 is 0 Å². The van der Waals surface area contributed by atoms with Crippen LogP contribution in [0.3, 0.4) is 0 Å². The molecule has 0 atom stereocenters. The maximum atomic E-state index is 10.1. The first-order valence-corrected chi connectivity index (χ1v) is 5.62. The fraction of sp³-hybridized carbons (Fsp3) is 0.182. The van der Waals surface area contributed by atoms with Gasteiger partial charge in [-0.25, -0.2) is 0 Å². The summed E-state index contributed by atoms with van der Waals surface area (Å²) >= 11 is 3.40. The number of nitrogen functional groups attached to an aromatic ring is 1. The van der Waals surface area contributed by atoms with Crippen molar-refractivity contribution in [3.8, 4) is 22.6 Å². The third-order valence-corrected chi connectivity index (χ3v) is 3.36. The predicted octanol–water partition coefficient (Wildman–Crippen LogP) is 2.71. The van der Waals surface area contributed by atoms with Crippen molar-refractivity contribution in [3.63, 3.8) is 0 Å². The second kappa shape index (κ2) is 4.29. The smallest absolute Gasteiger partial charge is 0.230 e. The Morgan fingerprint density at radius 1 is 1.47 bits per heavy atom. The standard InChI is InChI=1S/C11H11BrN2O3/c1-5-8(12)3-6(9(15)10(5)16-2)7-4-14-17-11(7)13/h3-4,15H,13H2,1-2H3. The molecule has 3 N–H and O–H groups in total. The molecule has 0 amide bonds. The number of phenols is 1. The van der Waals surface area contributed by atoms with Crippen LogP contribution in [0.25, 0.3) is 11.1 Å². The van der Waals surface area contributed by atoms with Crippen molar-refractivity contribution in [2.24, 2.45) is 0 Å². The van der Waals surface area contributed by atoms with Gasteiger partial charge in [-0.15, -0.1) is 0 Å². The lowest BCUT2D eigenvalue weighted by Crippen LogP contribution is -1.92. The Hall–Kier alpha value is -1.69. The van der Waals surface area contributed by atoms with Gasteiger partial charge in [0.1, 0.15) is 0 Å². The number of nitrogens with two attached hydrogens (primary N) is 1. The van der Waals surface area contributed by atoms with Crippen LogP contribution in [0, 0.1) is 6.92 Å². The number of nitrogens with zero attached hydrogens (tertiary/aromatic N) is 1. The maximum Gasteiger partial charge on any atom is 0.230 e. The molecule has 1 aromatic carbocycles. The summed E-state index contributed by atoms with van der Waals surface area (Å²) in [4.78, 5) is 0. The van der Waals surface area contributed by atoms with E-state index in [0.29, 0.717) is 16.9 Å². The molecular formula is C11H11BrN2O3. The predicted molar refractivity (Wildman–Crippen MR) is 67.0 cm³/mol. The SMILES string of the molecule is COc1c(C)c(Br)cc(-c2cnoc2N)c1O. The highest BCUT2D eigenvalue weighted by molar-refractivity contribution is 9.10. The van der Waals surface area contributed by atoms with Gasteiger partial charge in [0.15, 0.2) is 11.5 Å². The van der Waals surface area contributed by atoms with Gasteiger partial charge in [0.25, 0.3) is 0 Å². The number of ether oxygens (including phenoxy) is 1. The average molecular weight is 299 g/mol. The van der Waals surface area contributed by atoms with Crippen LogP contribution in [0.5, 0.6) is 11.5 Å². The van der Waals surface area contributed by atoms with E-state index in [4.69, 9.17) is 15.0 Å². The molecule has 0 aliphatic heterocycles. The second-order valence-corrected chi connectivity index (χ2v) is 4.37. The van der Waals surface area contributed by atoms with E-state index in [-0.39, 0.29) is 11.6 Å². The number of rotatable bonds is 2. The number of phenolic OH excluding ortho intramolecular Hbond substituents is 1. The first-order chi connectivity index (χ1) is 8.06. The molecule has 2 rings (SSSR count). The molecule has 1 heterocycles. The van der Waals surface area contributed by atoms with Gasteiger partial charge in [-0.05, 0) is 13.0 Å².